The minimum absolute atomic E-state index is 0. The van der Waals surface area contributed by atoms with Crippen LogP contribution in [-0.4, -0.2) is 23.8 Å². The van der Waals surface area contributed by atoms with Gasteiger partial charge in [0.05, 0.1) is 0 Å². The van der Waals surface area contributed by atoms with Crippen LogP contribution in [0.4, 0.5) is 0 Å². The molecule has 2 aromatic rings. The molecule has 0 aliphatic heterocycles. The molecule has 104 valence electrons. The second kappa shape index (κ2) is 7.23. The van der Waals surface area contributed by atoms with Gasteiger partial charge < -0.3 is 15.0 Å². The third kappa shape index (κ3) is 3.53. The van der Waals surface area contributed by atoms with Gasteiger partial charge in [-0.3, -0.25) is 0 Å². The molecule has 1 aromatic carbocycles. The van der Waals surface area contributed by atoms with E-state index in [2.05, 4.69) is 29.2 Å². The Bertz CT molecular complexity index is 495. The quantitative estimate of drug-likeness (QED) is 0.912. The molecule has 5 nitrogen and oxygen atoms in total. The van der Waals surface area contributed by atoms with Crippen LogP contribution in [0.1, 0.15) is 24.5 Å². The fourth-order valence-corrected chi connectivity index (χ4v) is 1.67. The minimum Gasteiger partial charge on any atom is -0.370 e. The maximum Gasteiger partial charge on any atom is 0.257 e. The molecular formula is C13H18ClN3O2. The summed E-state index contributed by atoms with van der Waals surface area (Å²) < 4.78 is 10.3. The van der Waals surface area contributed by atoms with E-state index in [0.29, 0.717) is 18.3 Å². The lowest BCUT2D eigenvalue weighted by Gasteiger charge is -2.05. The van der Waals surface area contributed by atoms with Gasteiger partial charge >= 0.3 is 0 Å². The maximum absolute atomic E-state index is 5.55. The summed E-state index contributed by atoms with van der Waals surface area (Å²) in [5.41, 5.74) is 7.75. The zero-order valence-electron chi connectivity index (χ0n) is 11.0. The van der Waals surface area contributed by atoms with Crippen LogP contribution in [0.5, 0.6) is 0 Å². The van der Waals surface area contributed by atoms with E-state index in [-0.39, 0.29) is 18.5 Å². The average molecular weight is 284 g/mol. The Morgan fingerprint density at radius 3 is 2.53 bits per heavy atom. The van der Waals surface area contributed by atoms with E-state index in [1.165, 1.54) is 5.56 Å². The Balaban J connectivity index is 0.00000180. The van der Waals surface area contributed by atoms with Gasteiger partial charge in [0.1, 0.15) is 6.10 Å². The number of halogens is 1. The van der Waals surface area contributed by atoms with Crippen LogP contribution in [0.25, 0.3) is 11.4 Å². The van der Waals surface area contributed by atoms with Crippen molar-refractivity contribution in [3.8, 4) is 11.4 Å². The van der Waals surface area contributed by atoms with E-state index < -0.39 is 0 Å². The predicted octanol–water partition coefficient (Wildman–Crippen LogP) is 2.37. The van der Waals surface area contributed by atoms with Gasteiger partial charge in [-0.2, -0.15) is 4.98 Å². The maximum atomic E-state index is 5.55. The van der Waals surface area contributed by atoms with E-state index in [4.69, 9.17) is 15.0 Å². The van der Waals surface area contributed by atoms with Gasteiger partial charge in [-0.25, -0.2) is 0 Å². The number of hydrogen-bond donors (Lipinski definition) is 1. The summed E-state index contributed by atoms with van der Waals surface area (Å²) in [5.74, 6) is 0.970. The molecule has 2 N–H and O–H groups in total. The SMILES string of the molecule is CCc1ccc(-c2noc(C(CN)OC)n2)cc1.Cl. The van der Waals surface area contributed by atoms with Gasteiger partial charge in [0.2, 0.25) is 5.82 Å². The van der Waals surface area contributed by atoms with Gasteiger partial charge in [-0.1, -0.05) is 36.3 Å². The van der Waals surface area contributed by atoms with Crippen LogP contribution in [-0.2, 0) is 11.2 Å². The Labute approximate surface area is 118 Å². The summed E-state index contributed by atoms with van der Waals surface area (Å²) in [6, 6.07) is 8.08. The molecule has 1 unspecified atom stereocenters. The molecule has 6 heteroatoms. The van der Waals surface area contributed by atoms with E-state index in [0.717, 1.165) is 12.0 Å². The van der Waals surface area contributed by atoms with Crippen molar-refractivity contribution >= 4 is 12.4 Å². The Kier molecular flexibility index (Phi) is 5.95. The van der Waals surface area contributed by atoms with Crippen LogP contribution in [0.2, 0.25) is 0 Å². The van der Waals surface area contributed by atoms with E-state index in [1.807, 2.05) is 12.1 Å². The minimum atomic E-state index is -0.346. The average Bonchev–Trinajstić information content (AvgIpc) is 2.90. The molecule has 0 saturated heterocycles. The number of hydrogen-bond acceptors (Lipinski definition) is 5. The molecule has 0 aliphatic carbocycles. The predicted molar refractivity (Wildman–Crippen MR) is 75.2 cm³/mol. The molecule has 0 amide bonds. The highest BCUT2D eigenvalue weighted by Crippen LogP contribution is 2.20. The Morgan fingerprint density at radius 1 is 1.32 bits per heavy atom. The van der Waals surface area contributed by atoms with Crippen LogP contribution in [0, 0.1) is 0 Å². The lowest BCUT2D eigenvalue weighted by atomic mass is 10.1. The molecule has 1 aromatic heterocycles. The lowest BCUT2D eigenvalue weighted by Crippen LogP contribution is -2.14. The molecule has 19 heavy (non-hydrogen) atoms. The highest BCUT2D eigenvalue weighted by atomic mass is 35.5. The standard InChI is InChI=1S/C13H17N3O2.ClH/c1-3-9-4-6-10(7-5-9)12-15-13(18-16-12)11(8-14)17-2;/h4-7,11H,3,8,14H2,1-2H3;1H. The molecule has 0 bridgehead atoms. The van der Waals surface area contributed by atoms with Crippen molar-refractivity contribution in [1.82, 2.24) is 10.1 Å². The van der Waals surface area contributed by atoms with Gasteiger partial charge in [-0.05, 0) is 12.0 Å². The molecule has 2 rings (SSSR count). The number of methoxy groups -OCH3 is 1. The van der Waals surface area contributed by atoms with Crippen molar-refractivity contribution in [3.05, 3.63) is 35.7 Å². The van der Waals surface area contributed by atoms with Crippen molar-refractivity contribution in [3.63, 3.8) is 0 Å². The first-order chi connectivity index (χ1) is 8.78. The van der Waals surface area contributed by atoms with Crippen molar-refractivity contribution in [2.24, 2.45) is 5.73 Å². The molecular weight excluding hydrogens is 266 g/mol. The van der Waals surface area contributed by atoms with Gasteiger partial charge in [0, 0.05) is 19.2 Å². The number of nitrogens with two attached hydrogens (primary N) is 1. The summed E-state index contributed by atoms with van der Waals surface area (Å²) in [5, 5.41) is 3.94. The molecule has 1 atom stereocenters. The fraction of sp³-hybridized carbons (Fsp3) is 0.385. The molecule has 0 saturated carbocycles. The topological polar surface area (TPSA) is 74.2 Å². The second-order valence-electron chi connectivity index (χ2n) is 3.97. The van der Waals surface area contributed by atoms with Crippen LogP contribution >= 0.6 is 12.4 Å². The van der Waals surface area contributed by atoms with E-state index in [1.54, 1.807) is 7.11 Å². The van der Waals surface area contributed by atoms with E-state index >= 15 is 0 Å². The number of benzene rings is 1. The summed E-state index contributed by atoms with van der Waals surface area (Å²) in [4.78, 5) is 4.30. The van der Waals surface area contributed by atoms with Gasteiger partial charge in [0.15, 0.2) is 0 Å². The molecule has 0 fully saturated rings. The van der Waals surface area contributed by atoms with Crippen LogP contribution in [0.15, 0.2) is 28.8 Å². The summed E-state index contributed by atoms with van der Waals surface area (Å²) in [6.45, 7) is 2.43. The highest BCUT2D eigenvalue weighted by Gasteiger charge is 2.17. The van der Waals surface area contributed by atoms with Crippen LogP contribution < -0.4 is 5.73 Å². The van der Waals surface area contributed by atoms with Gasteiger partial charge in [0.25, 0.3) is 5.89 Å². The first-order valence-corrected chi connectivity index (χ1v) is 5.94. The highest BCUT2D eigenvalue weighted by molar-refractivity contribution is 5.85. The number of aryl methyl sites for hydroxylation is 1. The number of nitrogens with zero attached hydrogens (tertiary/aromatic N) is 2. The lowest BCUT2D eigenvalue weighted by molar-refractivity contribution is 0.0804. The summed E-state index contributed by atoms with van der Waals surface area (Å²) >= 11 is 0. The Morgan fingerprint density at radius 2 is 2.00 bits per heavy atom. The number of rotatable bonds is 5. The third-order valence-electron chi connectivity index (χ3n) is 2.84. The Hall–Kier alpha value is -1.43. The number of aromatic nitrogens is 2. The van der Waals surface area contributed by atoms with Crippen molar-refractivity contribution in [2.75, 3.05) is 13.7 Å². The summed E-state index contributed by atoms with van der Waals surface area (Å²) in [7, 11) is 1.57. The van der Waals surface area contributed by atoms with Crippen molar-refractivity contribution < 1.29 is 9.26 Å². The summed E-state index contributed by atoms with van der Waals surface area (Å²) in [6.07, 6.45) is 0.664. The van der Waals surface area contributed by atoms with Gasteiger partial charge in [-0.15, -0.1) is 12.4 Å². The molecule has 0 radical (unpaired) electrons. The smallest absolute Gasteiger partial charge is 0.257 e. The molecule has 1 heterocycles. The van der Waals surface area contributed by atoms with Crippen LogP contribution in [0.3, 0.4) is 0 Å². The molecule has 0 spiro atoms. The first kappa shape index (κ1) is 15.6. The van der Waals surface area contributed by atoms with Crippen molar-refractivity contribution in [2.45, 2.75) is 19.4 Å². The molecule has 0 aliphatic rings. The number of ether oxygens (including phenoxy) is 1. The van der Waals surface area contributed by atoms with Crippen molar-refractivity contribution in [1.29, 1.82) is 0 Å². The largest absolute Gasteiger partial charge is 0.370 e. The zero-order valence-corrected chi connectivity index (χ0v) is 11.8. The fourth-order valence-electron chi connectivity index (χ4n) is 1.67. The normalized spacial score (nSPS) is 11.9. The second-order valence-corrected chi connectivity index (χ2v) is 3.97. The third-order valence-corrected chi connectivity index (χ3v) is 2.84. The van der Waals surface area contributed by atoms with E-state index in [9.17, 15) is 0 Å². The monoisotopic (exact) mass is 283 g/mol. The zero-order chi connectivity index (χ0) is 13.0. The first-order valence-electron chi connectivity index (χ1n) is 5.94.